The Kier molecular flexibility index (Phi) is 5.90. The van der Waals surface area contributed by atoms with Gasteiger partial charge in [0, 0.05) is 6.08 Å². The normalized spacial score (nSPS) is 10.3. The number of amides is 2. The van der Waals surface area contributed by atoms with Crippen molar-refractivity contribution in [3.63, 3.8) is 0 Å². The van der Waals surface area contributed by atoms with Crippen LogP contribution in [0, 0.1) is 0 Å². The molecular weight excluding hydrogens is 338 g/mol. The van der Waals surface area contributed by atoms with Gasteiger partial charge in [-0.2, -0.15) is 0 Å². The first kappa shape index (κ1) is 16.7. The van der Waals surface area contributed by atoms with Gasteiger partial charge in [0.1, 0.15) is 5.76 Å². The zero-order chi connectivity index (χ0) is 16.7. The fourth-order valence-electron chi connectivity index (χ4n) is 1.55. The second-order valence-electron chi connectivity index (χ2n) is 4.23. The number of benzene rings is 1. The highest BCUT2D eigenvalue weighted by Crippen LogP contribution is 2.13. The predicted molar refractivity (Wildman–Crippen MR) is 90.5 cm³/mol. The largest absolute Gasteiger partial charge is 0.465 e. The highest BCUT2D eigenvalue weighted by Gasteiger charge is 2.09. The summed E-state index contributed by atoms with van der Waals surface area (Å²) in [7, 11) is 0. The molecule has 6 nitrogen and oxygen atoms in total. The van der Waals surface area contributed by atoms with Crippen LogP contribution in [-0.2, 0) is 4.79 Å². The number of furan rings is 1. The van der Waals surface area contributed by atoms with Crippen molar-refractivity contribution in [1.29, 1.82) is 0 Å². The molecule has 3 N–H and O–H groups in total. The third-order valence-electron chi connectivity index (χ3n) is 2.59. The van der Waals surface area contributed by atoms with Gasteiger partial charge in [-0.1, -0.05) is 23.7 Å². The monoisotopic (exact) mass is 349 g/mol. The van der Waals surface area contributed by atoms with Gasteiger partial charge in [-0.05, 0) is 42.6 Å². The minimum atomic E-state index is -0.474. The summed E-state index contributed by atoms with van der Waals surface area (Å²) in [5.41, 5.74) is 5.04. The van der Waals surface area contributed by atoms with E-state index in [0.717, 1.165) is 0 Å². The Morgan fingerprint density at radius 2 is 1.91 bits per heavy atom. The third-order valence-corrected chi connectivity index (χ3v) is 3.12. The molecule has 0 saturated carbocycles. The molecule has 118 valence electrons. The SMILES string of the molecule is O=C(C=Cc1ccco1)NC(=S)NNC(=O)c1ccccc1Cl. The summed E-state index contributed by atoms with van der Waals surface area (Å²) in [6, 6.07) is 9.95. The molecule has 1 heterocycles. The second kappa shape index (κ2) is 8.11. The Morgan fingerprint density at radius 1 is 1.13 bits per heavy atom. The lowest BCUT2D eigenvalue weighted by molar-refractivity contribution is -0.115. The maximum Gasteiger partial charge on any atom is 0.271 e. The summed E-state index contributed by atoms with van der Waals surface area (Å²) in [4.78, 5) is 23.5. The number of hydrogen-bond donors (Lipinski definition) is 3. The molecule has 0 fully saturated rings. The maximum atomic E-state index is 11.9. The van der Waals surface area contributed by atoms with Crippen LogP contribution in [0.25, 0.3) is 6.08 Å². The number of hydrazine groups is 1. The fraction of sp³-hybridized carbons (Fsp3) is 0. The number of carbonyl (C=O) groups excluding carboxylic acids is 2. The topological polar surface area (TPSA) is 83.4 Å². The second-order valence-corrected chi connectivity index (χ2v) is 5.04. The molecule has 2 rings (SSSR count). The van der Waals surface area contributed by atoms with Gasteiger partial charge in [0.05, 0.1) is 16.8 Å². The number of hydrogen-bond acceptors (Lipinski definition) is 4. The number of halogens is 1. The Bertz CT molecular complexity index is 744. The quantitative estimate of drug-likeness (QED) is 0.450. The van der Waals surface area contributed by atoms with Gasteiger partial charge in [-0.25, -0.2) is 0 Å². The molecule has 0 bridgehead atoms. The molecule has 0 aliphatic carbocycles. The molecule has 0 unspecified atom stereocenters. The first-order valence-electron chi connectivity index (χ1n) is 6.43. The molecule has 2 aromatic rings. The van der Waals surface area contributed by atoms with Gasteiger partial charge in [-0.15, -0.1) is 0 Å². The number of carbonyl (C=O) groups is 2. The van der Waals surface area contributed by atoms with E-state index >= 15 is 0 Å². The van der Waals surface area contributed by atoms with Crippen molar-refractivity contribution < 1.29 is 14.0 Å². The molecule has 23 heavy (non-hydrogen) atoms. The zero-order valence-electron chi connectivity index (χ0n) is 11.7. The molecule has 1 aromatic carbocycles. The molecule has 8 heteroatoms. The van der Waals surface area contributed by atoms with Crippen LogP contribution in [0.1, 0.15) is 16.1 Å². The fourth-order valence-corrected chi connectivity index (χ4v) is 1.93. The van der Waals surface area contributed by atoms with Crippen LogP contribution in [-0.4, -0.2) is 16.9 Å². The first-order valence-corrected chi connectivity index (χ1v) is 7.22. The minimum absolute atomic E-state index is 0.0560. The van der Waals surface area contributed by atoms with Crippen LogP contribution >= 0.6 is 23.8 Å². The highest BCUT2D eigenvalue weighted by molar-refractivity contribution is 7.80. The van der Waals surface area contributed by atoms with Crippen LogP contribution in [0.4, 0.5) is 0 Å². The molecule has 0 aliphatic heterocycles. The van der Waals surface area contributed by atoms with Gasteiger partial charge < -0.3 is 4.42 Å². The van der Waals surface area contributed by atoms with Crippen molar-refractivity contribution in [3.8, 4) is 0 Å². The van der Waals surface area contributed by atoms with Crippen molar-refractivity contribution in [2.75, 3.05) is 0 Å². The minimum Gasteiger partial charge on any atom is -0.465 e. The predicted octanol–water partition coefficient (Wildman–Crippen LogP) is 2.28. The molecule has 0 atom stereocenters. The van der Waals surface area contributed by atoms with E-state index in [9.17, 15) is 9.59 Å². The van der Waals surface area contributed by atoms with E-state index in [1.165, 1.54) is 18.4 Å². The molecule has 0 saturated heterocycles. The Morgan fingerprint density at radius 3 is 2.61 bits per heavy atom. The lowest BCUT2D eigenvalue weighted by atomic mass is 10.2. The van der Waals surface area contributed by atoms with E-state index in [2.05, 4.69) is 16.2 Å². The van der Waals surface area contributed by atoms with Crippen LogP contribution in [0.3, 0.4) is 0 Å². The summed E-state index contributed by atoms with van der Waals surface area (Å²) in [6.07, 6.45) is 4.23. The molecule has 1 aromatic heterocycles. The van der Waals surface area contributed by atoms with Crippen molar-refractivity contribution >= 4 is 46.8 Å². The number of thiocarbonyl (C=S) groups is 1. The van der Waals surface area contributed by atoms with E-state index < -0.39 is 11.8 Å². The van der Waals surface area contributed by atoms with Crippen molar-refractivity contribution in [2.24, 2.45) is 0 Å². The smallest absolute Gasteiger partial charge is 0.271 e. The lowest BCUT2D eigenvalue weighted by Gasteiger charge is -2.10. The standard InChI is InChI=1S/C15H12ClN3O3S/c16-12-6-2-1-5-11(12)14(21)18-19-15(23)17-13(20)8-7-10-4-3-9-22-10/h1-9H,(H,18,21)(H2,17,19,20,23). The van der Waals surface area contributed by atoms with Gasteiger partial charge in [0.25, 0.3) is 5.91 Å². The Hall–Kier alpha value is -2.64. The van der Waals surface area contributed by atoms with Crippen LogP contribution in [0.15, 0.2) is 53.2 Å². The Balaban J connectivity index is 1.80. The lowest BCUT2D eigenvalue weighted by Crippen LogP contribution is -2.48. The number of nitrogens with one attached hydrogen (secondary N) is 3. The van der Waals surface area contributed by atoms with Gasteiger partial charge >= 0.3 is 0 Å². The van der Waals surface area contributed by atoms with Crippen molar-refractivity contribution in [3.05, 3.63) is 65.1 Å². The van der Waals surface area contributed by atoms with E-state index in [1.807, 2.05) is 0 Å². The molecule has 0 spiro atoms. The van der Waals surface area contributed by atoms with Crippen LogP contribution in [0.2, 0.25) is 5.02 Å². The summed E-state index contributed by atoms with van der Waals surface area (Å²) in [5.74, 6) is -0.407. The molecule has 2 amide bonds. The van der Waals surface area contributed by atoms with Crippen molar-refractivity contribution in [2.45, 2.75) is 0 Å². The van der Waals surface area contributed by atoms with E-state index in [1.54, 1.807) is 36.4 Å². The van der Waals surface area contributed by atoms with Gasteiger partial charge in [0.2, 0.25) is 5.91 Å². The van der Waals surface area contributed by atoms with E-state index in [-0.39, 0.29) is 10.7 Å². The first-order chi connectivity index (χ1) is 11.1. The van der Waals surface area contributed by atoms with Gasteiger partial charge in [0.15, 0.2) is 5.11 Å². The third kappa shape index (κ3) is 5.24. The highest BCUT2D eigenvalue weighted by atomic mass is 35.5. The van der Waals surface area contributed by atoms with Crippen LogP contribution < -0.4 is 16.2 Å². The Labute approximate surface area is 142 Å². The van der Waals surface area contributed by atoms with Crippen molar-refractivity contribution in [1.82, 2.24) is 16.2 Å². The molecule has 0 radical (unpaired) electrons. The van der Waals surface area contributed by atoms with Gasteiger partial charge in [-0.3, -0.25) is 25.8 Å². The molecular formula is C15H12ClN3O3S. The van der Waals surface area contributed by atoms with E-state index in [0.29, 0.717) is 10.8 Å². The van der Waals surface area contributed by atoms with E-state index in [4.69, 9.17) is 28.2 Å². The molecule has 0 aliphatic rings. The summed E-state index contributed by atoms with van der Waals surface area (Å²) < 4.78 is 5.04. The average molecular weight is 350 g/mol. The average Bonchev–Trinajstić information content (AvgIpc) is 3.04. The number of rotatable bonds is 3. The summed E-state index contributed by atoms with van der Waals surface area (Å²) >= 11 is 10.8. The van der Waals surface area contributed by atoms with Crippen LogP contribution in [0.5, 0.6) is 0 Å². The summed E-state index contributed by atoms with van der Waals surface area (Å²) in [6.45, 7) is 0. The maximum absolute atomic E-state index is 11.9. The zero-order valence-corrected chi connectivity index (χ0v) is 13.3. The summed E-state index contributed by atoms with van der Waals surface area (Å²) in [5, 5.41) is 2.62.